The molecule has 2 heterocycles. The first-order chi connectivity index (χ1) is 10.4. The van der Waals surface area contributed by atoms with Gasteiger partial charge in [0.25, 0.3) is 0 Å². The highest BCUT2D eigenvalue weighted by Crippen LogP contribution is 2.29. The van der Waals surface area contributed by atoms with E-state index in [0.29, 0.717) is 11.6 Å². The maximum absolute atomic E-state index is 12.0. The maximum atomic E-state index is 12.0. The molecule has 0 bridgehead atoms. The van der Waals surface area contributed by atoms with Crippen LogP contribution in [0, 0.1) is 5.92 Å². The van der Waals surface area contributed by atoms with Crippen LogP contribution in [0.5, 0.6) is 5.75 Å². The van der Waals surface area contributed by atoms with Crippen molar-refractivity contribution in [1.29, 1.82) is 0 Å². The van der Waals surface area contributed by atoms with Crippen molar-refractivity contribution in [1.82, 2.24) is 4.98 Å². The average Bonchev–Trinajstić information content (AvgIpc) is 2.99. The summed E-state index contributed by atoms with van der Waals surface area (Å²) in [6, 6.07) is 5.52. The van der Waals surface area contributed by atoms with Crippen molar-refractivity contribution in [3.05, 3.63) is 18.2 Å². The Morgan fingerprint density at radius 1 is 1.50 bits per heavy atom. The number of fused-ring (bicyclic) bond motifs is 1. The van der Waals surface area contributed by atoms with E-state index in [1.54, 1.807) is 7.11 Å². The average molecular weight is 340 g/mol. The number of methoxy groups -OCH3 is 1. The summed E-state index contributed by atoms with van der Waals surface area (Å²) in [4.78, 5) is 16.4. The van der Waals surface area contributed by atoms with Crippen LogP contribution in [0.15, 0.2) is 18.2 Å². The van der Waals surface area contributed by atoms with Crippen molar-refractivity contribution in [3.63, 3.8) is 0 Å². The summed E-state index contributed by atoms with van der Waals surface area (Å²) in [5.41, 5.74) is 0.796. The Bertz CT molecular complexity index is 813. The van der Waals surface area contributed by atoms with Gasteiger partial charge in [-0.2, -0.15) is 0 Å². The number of hydrogen-bond donors (Lipinski definition) is 1. The molecule has 1 unspecified atom stereocenters. The Labute approximate surface area is 132 Å². The van der Waals surface area contributed by atoms with E-state index >= 15 is 0 Å². The van der Waals surface area contributed by atoms with E-state index in [0.717, 1.165) is 16.0 Å². The molecular weight excluding hydrogens is 324 g/mol. The zero-order valence-electron chi connectivity index (χ0n) is 12.0. The number of carbonyl (C=O) groups excluding carboxylic acids is 1. The van der Waals surface area contributed by atoms with Gasteiger partial charge in [0.1, 0.15) is 5.75 Å². The van der Waals surface area contributed by atoms with Gasteiger partial charge in [0.15, 0.2) is 15.0 Å². The first-order valence-corrected chi connectivity index (χ1v) is 9.54. The molecule has 0 saturated carbocycles. The van der Waals surface area contributed by atoms with Crippen LogP contribution < -0.4 is 10.1 Å². The van der Waals surface area contributed by atoms with Gasteiger partial charge in [-0.25, -0.2) is 13.4 Å². The lowest BCUT2D eigenvalue weighted by Crippen LogP contribution is -2.17. The summed E-state index contributed by atoms with van der Waals surface area (Å²) in [7, 11) is -1.35. The second-order valence-corrected chi connectivity index (χ2v) is 8.63. The molecule has 1 N–H and O–H groups in total. The fourth-order valence-electron chi connectivity index (χ4n) is 2.55. The molecule has 0 spiro atoms. The lowest BCUT2D eigenvalue weighted by Gasteiger charge is -2.06. The summed E-state index contributed by atoms with van der Waals surface area (Å²) in [5.74, 6) is 0.765. The van der Waals surface area contributed by atoms with Crippen LogP contribution in [0.2, 0.25) is 0 Å². The maximum Gasteiger partial charge on any atom is 0.226 e. The molecule has 6 nitrogen and oxygen atoms in total. The fraction of sp³-hybridized carbons (Fsp3) is 0.429. The number of aromatic nitrogens is 1. The van der Waals surface area contributed by atoms with Gasteiger partial charge in [0.05, 0.1) is 28.8 Å². The van der Waals surface area contributed by atoms with Crippen LogP contribution in [0.3, 0.4) is 0 Å². The van der Waals surface area contributed by atoms with Crippen LogP contribution in [0.25, 0.3) is 10.2 Å². The van der Waals surface area contributed by atoms with Crippen molar-refractivity contribution in [2.24, 2.45) is 5.92 Å². The normalized spacial score (nSPS) is 20.1. The number of hydrogen-bond acceptors (Lipinski definition) is 6. The third-order valence-electron chi connectivity index (χ3n) is 3.64. The molecule has 22 heavy (non-hydrogen) atoms. The zero-order chi connectivity index (χ0) is 15.7. The fourth-order valence-corrected chi connectivity index (χ4v) is 5.32. The van der Waals surface area contributed by atoms with Gasteiger partial charge in [-0.3, -0.25) is 4.79 Å². The Kier molecular flexibility index (Phi) is 4.05. The first kappa shape index (κ1) is 15.2. The predicted octanol–water partition coefficient (Wildman–Crippen LogP) is 2.07. The van der Waals surface area contributed by atoms with Crippen LogP contribution in [0.4, 0.5) is 5.13 Å². The Balaban J connectivity index is 1.66. The largest absolute Gasteiger partial charge is 0.497 e. The minimum absolute atomic E-state index is 0.0838. The van der Waals surface area contributed by atoms with E-state index in [1.165, 1.54) is 11.3 Å². The number of rotatable bonds is 4. The summed E-state index contributed by atoms with van der Waals surface area (Å²) < 4.78 is 28.9. The lowest BCUT2D eigenvalue weighted by molar-refractivity contribution is -0.116. The monoisotopic (exact) mass is 340 g/mol. The molecule has 1 aliphatic heterocycles. The van der Waals surface area contributed by atoms with Crippen molar-refractivity contribution >= 4 is 42.4 Å². The van der Waals surface area contributed by atoms with Gasteiger partial charge >= 0.3 is 0 Å². The molecule has 1 aromatic heterocycles. The third-order valence-corrected chi connectivity index (χ3v) is 6.41. The van der Waals surface area contributed by atoms with Gasteiger partial charge in [0.2, 0.25) is 5.91 Å². The summed E-state index contributed by atoms with van der Waals surface area (Å²) in [6.45, 7) is 0. The highest BCUT2D eigenvalue weighted by molar-refractivity contribution is 7.91. The van der Waals surface area contributed by atoms with E-state index < -0.39 is 9.84 Å². The molecule has 1 fully saturated rings. The van der Waals surface area contributed by atoms with Crippen molar-refractivity contribution in [2.75, 3.05) is 23.9 Å². The molecule has 1 atom stereocenters. The molecule has 8 heteroatoms. The van der Waals surface area contributed by atoms with Crippen molar-refractivity contribution in [2.45, 2.75) is 12.8 Å². The summed E-state index contributed by atoms with van der Waals surface area (Å²) in [6.07, 6.45) is 0.783. The van der Waals surface area contributed by atoms with Crippen LogP contribution in [-0.4, -0.2) is 37.9 Å². The van der Waals surface area contributed by atoms with Crippen LogP contribution in [0.1, 0.15) is 12.8 Å². The van der Waals surface area contributed by atoms with Gasteiger partial charge in [-0.15, -0.1) is 0 Å². The van der Waals surface area contributed by atoms with E-state index in [9.17, 15) is 13.2 Å². The second-order valence-electron chi connectivity index (χ2n) is 5.37. The van der Waals surface area contributed by atoms with E-state index in [2.05, 4.69) is 10.3 Å². The SMILES string of the molecule is COc1ccc2nc(NC(=O)CC3CCS(=O)(=O)C3)sc2c1. The quantitative estimate of drug-likeness (QED) is 0.921. The molecule has 2 aromatic rings. The first-order valence-electron chi connectivity index (χ1n) is 6.90. The number of nitrogens with one attached hydrogen (secondary N) is 1. The van der Waals surface area contributed by atoms with Crippen LogP contribution in [-0.2, 0) is 14.6 Å². The number of ether oxygens (including phenoxy) is 1. The minimum atomic E-state index is -2.95. The van der Waals surface area contributed by atoms with E-state index in [-0.39, 0.29) is 29.8 Å². The van der Waals surface area contributed by atoms with Gasteiger partial charge in [-0.05, 0) is 30.5 Å². The second kappa shape index (κ2) is 5.85. The van der Waals surface area contributed by atoms with Gasteiger partial charge < -0.3 is 10.1 Å². The molecular formula is C14H16N2O4S2. The molecule has 0 aliphatic carbocycles. The van der Waals surface area contributed by atoms with Crippen molar-refractivity contribution in [3.8, 4) is 5.75 Å². The molecule has 1 amide bonds. The Hall–Kier alpha value is -1.67. The molecule has 1 aromatic carbocycles. The van der Waals surface area contributed by atoms with Gasteiger partial charge in [0, 0.05) is 6.42 Å². The number of carbonyl (C=O) groups is 1. The van der Waals surface area contributed by atoms with Crippen molar-refractivity contribution < 1.29 is 17.9 Å². The third kappa shape index (κ3) is 3.38. The standard InChI is InChI=1S/C14H16N2O4S2/c1-20-10-2-3-11-12(7-10)21-14(15-11)16-13(17)6-9-4-5-22(18,19)8-9/h2-3,7,9H,4-6,8H2,1H3,(H,15,16,17). The topological polar surface area (TPSA) is 85.4 Å². The summed E-state index contributed by atoms with van der Waals surface area (Å²) in [5, 5.41) is 3.28. The zero-order valence-corrected chi connectivity index (χ0v) is 13.7. The predicted molar refractivity (Wildman–Crippen MR) is 86.2 cm³/mol. The molecule has 3 rings (SSSR count). The number of benzene rings is 1. The van der Waals surface area contributed by atoms with Gasteiger partial charge in [-0.1, -0.05) is 11.3 Å². The Morgan fingerprint density at radius 3 is 3.00 bits per heavy atom. The van der Waals surface area contributed by atoms with E-state index in [1.807, 2.05) is 18.2 Å². The Morgan fingerprint density at radius 2 is 2.32 bits per heavy atom. The highest BCUT2D eigenvalue weighted by Gasteiger charge is 2.29. The number of nitrogens with zero attached hydrogens (tertiary/aromatic N) is 1. The molecule has 118 valence electrons. The summed E-state index contributed by atoms with van der Waals surface area (Å²) >= 11 is 1.37. The molecule has 1 aliphatic rings. The number of sulfone groups is 1. The number of thiazole rings is 1. The smallest absolute Gasteiger partial charge is 0.226 e. The number of anilines is 1. The highest BCUT2D eigenvalue weighted by atomic mass is 32.2. The lowest BCUT2D eigenvalue weighted by atomic mass is 10.1. The number of amides is 1. The molecule has 1 saturated heterocycles. The minimum Gasteiger partial charge on any atom is -0.497 e. The van der Waals surface area contributed by atoms with Crippen LogP contribution >= 0.6 is 11.3 Å². The van der Waals surface area contributed by atoms with E-state index in [4.69, 9.17) is 4.74 Å². The molecule has 0 radical (unpaired) electrons.